The first kappa shape index (κ1) is 13.6. The fourth-order valence-electron chi connectivity index (χ4n) is 2.92. The molecule has 0 saturated heterocycles. The average Bonchev–Trinajstić information content (AvgIpc) is 2.86. The van der Waals surface area contributed by atoms with E-state index < -0.39 is 0 Å². The maximum Gasteiger partial charge on any atom is 0.114 e. The van der Waals surface area contributed by atoms with E-state index in [0.29, 0.717) is 0 Å². The number of nitrogens with one attached hydrogen (secondary N) is 1. The number of aromatic nitrogens is 1. The second-order valence-electron chi connectivity index (χ2n) is 5.46. The lowest BCUT2D eigenvalue weighted by molar-refractivity contribution is 0.679. The van der Waals surface area contributed by atoms with E-state index >= 15 is 0 Å². The molecule has 0 aliphatic carbocycles. The van der Waals surface area contributed by atoms with Gasteiger partial charge >= 0.3 is 0 Å². The van der Waals surface area contributed by atoms with Crippen molar-refractivity contribution in [2.75, 3.05) is 25.5 Å². The molecule has 0 saturated carbocycles. The smallest absolute Gasteiger partial charge is 0.114 e. The van der Waals surface area contributed by atoms with Crippen LogP contribution in [0.3, 0.4) is 0 Å². The van der Waals surface area contributed by atoms with E-state index in [9.17, 15) is 0 Å². The molecule has 1 atom stereocenters. The molecule has 106 valence electrons. The number of rotatable bonds is 3. The lowest BCUT2D eigenvalue weighted by Gasteiger charge is -2.28. The Morgan fingerprint density at radius 1 is 1.40 bits per heavy atom. The van der Waals surface area contributed by atoms with E-state index in [1.165, 1.54) is 29.7 Å². The fourth-order valence-corrected chi connectivity index (χ4v) is 3.85. The van der Waals surface area contributed by atoms with Crippen molar-refractivity contribution in [3.63, 3.8) is 0 Å². The van der Waals surface area contributed by atoms with Crippen molar-refractivity contribution in [3.05, 3.63) is 45.4 Å². The SMILES string of the molecule is CNC(c1ccc2c(c1)CCCN2C)c1nc(C)cs1. The quantitative estimate of drug-likeness (QED) is 0.940. The van der Waals surface area contributed by atoms with E-state index in [-0.39, 0.29) is 6.04 Å². The van der Waals surface area contributed by atoms with E-state index in [0.717, 1.165) is 17.2 Å². The Bertz CT molecular complexity index is 606. The molecule has 0 fully saturated rings. The summed E-state index contributed by atoms with van der Waals surface area (Å²) in [5.41, 5.74) is 5.26. The van der Waals surface area contributed by atoms with Crippen molar-refractivity contribution in [2.45, 2.75) is 25.8 Å². The molecule has 3 nitrogen and oxygen atoms in total. The second kappa shape index (κ2) is 5.54. The Morgan fingerprint density at radius 2 is 2.25 bits per heavy atom. The Morgan fingerprint density at radius 3 is 2.95 bits per heavy atom. The molecule has 2 heterocycles. The highest BCUT2D eigenvalue weighted by Gasteiger charge is 2.19. The highest BCUT2D eigenvalue weighted by atomic mass is 32.1. The lowest BCUT2D eigenvalue weighted by Crippen LogP contribution is -2.25. The zero-order chi connectivity index (χ0) is 14.1. The molecule has 20 heavy (non-hydrogen) atoms. The van der Waals surface area contributed by atoms with Gasteiger partial charge in [0.15, 0.2) is 0 Å². The van der Waals surface area contributed by atoms with Gasteiger partial charge in [0.25, 0.3) is 0 Å². The molecule has 0 spiro atoms. The van der Waals surface area contributed by atoms with Crippen molar-refractivity contribution in [1.82, 2.24) is 10.3 Å². The molecule has 1 unspecified atom stereocenters. The van der Waals surface area contributed by atoms with Crippen LogP contribution in [0, 0.1) is 6.92 Å². The van der Waals surface area contributed by atoms with Gasteiger partial charge in [-0.15, -0.1) is 11.3 Å². The van der Waals surface area contributed by atoms with Gasteiger partial charge in [-0.1, -0.05) is 12.1 Å². The van der Waals surface area contributed by atoms with Crippen molar-refractivity contribution in [3.8, 4) is 0 Å². The fraction of sp³-hybridized carbons (Fsp3) is 0.438. The first-order valence-electron chi connectivity index (χ1n) is 7.12. The van der Waals surface area contributed by atoms with Gasteiger partial charge in [-0.25, -0.2) is 4.98 Å². The van der Waals surface area contributed by atoms with Gasteiger partial charge in [0.2, 0.25) is 0 Å². The summed E-state index contributed by atoms with van der Waals surface area (Å²) < 4.78 is 0. The van der Waals surface area contributed by atoms with E-state index in [4.69, 9.17) is 0 Å². The maximum atomic E-state index is 4.63. The zero-order valence-electron chi connectivity index (χ0n) is 12.3. The van der Waals surface area contributed by atoms with Crippen molar-refractivity contribution in [2.24, 2.45) is 0 Å². The van der Waals surface area contributed by atoms with Crippen LogP contribution in [0.5, 0.6) is 0 Å². The highest BCUT2D eigenvalue weighted by molar-refractivity contribution is 7.09. The van der Waals surface area contributed by atoms with E-state index in [2.05, 4.69) is 52.8 Å². The van der Waals surface area contributed by atoms with Crippen LogP contribution >= 0.6 is 11.3 Å². The van der Waals surface area contributed by atoms with Crippen molar-refractivity contribution < 1.29 is 0 Å². The van der Waals surface area contributed by atoms with E-state index in [1.807, 2.05) is 7.05 Å². The summed E-state index contributed by atoms with van der Waals surface area (Å²) in [6.45, 7) is 3.21. The number of benzene rings is 1. The Labute approximate surface area is 124 Å². The number of hydrogen-bond acceptors (Lipinski definition) is 4. The lowest BCUT2D eigenvalue weighted by atomic mass is 9.97. The Hall–Kier alpha value is -1.39. The number of fused-ring (bicyclic) bond motifs is 1. The van der Waals surface area contributed by atoms with Gasteiger partial charge in [-0.2, -0.15) is 0 Å². The number of nitrogens with zero attached hydrogens (tertiary/aromatic N) is 2. The van der Waals surface area contributed by atoms with Crippen LogP contribution in [-0.4, -0.2) is 25.6 Å². The molecule has 0 amide bonds. The van der Waals surface area contributed by atoms with Crippen LogP contribution in [0.25, 0.3) is 0 Å². The molecular formula is C16H21N3S. The van der Waals surface area contributed by atoms with Crippen LogP contribution in [0.4, 0.5) is 5.69 Å². The first-order valence-corrected chi connectivity index (χ1v) is 8.00. The molecule has 1 aliphatic rings. The third-order valence-corrected chi connectivity index (χ3v) is 4.99. The van der Waals surface area contributed by atoms with Crippen LogP contribution in [0.2, 0.25) is 0 Å². The minimum Gasteiger partial charge on any atom is -0.374 e. The van der Waals surface area contributed by atoms with Crippen molar-refractivity contribution in [1.29, 1.82) is 0 Å². The number of thiazole rings is 1. The molecular weight excluding hydrogens is 266 g/mol. The van der Waals surface area contributed by atoms with Crippen LogP contribution in [0.1, 0.15) is 34.3 Å². The predicted molar refractivity (Wildman–Crippen MR) is 85.8 cm³/mol. The van der Waals surface area contributed by atoms with E-state index in [1.54, 1.807) is 11.3 Å². The van der Waals surface area contributed by atoms with Crippen molar-refractivity contribution >= 4 is 17.0 Å². The highest BCUT2D eigenvalue weighted by Crippen LogP contribution is 2.31. The van der Waals surface area contributed by atoms with Gasteiger partial charge < -0.3 is 10.2 Å². The number of hydrogen-bond donors (Lipinski definition) is 1. The van der Waals surface area contributed by atoms with Crippen LogP contribution in [0.15, 0.2) is 23.6 Å². The first-order chi connectivity index (χ1) is 9.69. The Balaban J connectivity index is 1.96. The summed E-state index contributed by atoms with van der Waals surface area (Å²) in [5, 5.41) is 6.66. The molecule has 3 rings (SSSR count). The largest absolute Gasteiger partial charge is 0.374 e. The second-order valence-corrected chi connectivity index (χ2v) is 6.35. The normalized spacial score (nSPS) is 16.1. The third kappa shape index (κ3) is 2.45. The average molecular weight is 287 g/mol. The molecule has 0 bridgehead atoms. The van der Waals surface area contributed by atoms with Gasteiger partial charge in [0, 0.05) is 30.4 Å². The molecule has 1 N–H and O–H groups in total. The molecule has 1 aliphatic heterocycles. The summed E-state index contributed by atoms with van der Waals surface area (Å²) in [7, 11) is 4.18. The maximum absolute atomic E-state index is 4.63. The summed E-state index contributed by atoms with van der Waals surface area (Å²) in [4.78, 5) is 6.98. The summed E-state index contributed by atoms with van der Waals surface area (Å²) in [6, 6.07) is 7.04. The van der Waals surface area contributed by atoms with Gasteiger partial charge in [0.05, 0.1) is 6.04 Å². The third-order valence-electron chi connectivity index (χ3n) is 3.96. The number of anilines is 1. The molecule has 1 aromatic heterocycles. The minimum atomic E-state index is 0.200. The minimum absolute atomic E-state index is 0.200. The summed E-state index contributed by atoms with van der Waals surface area (Å²) in [6.07, 6.45) is 2.42. The molecule has 2 aromatic rings. The van der Waals surface area contributed by atoms with Gasteiger partial charge in [-0.05, 0) is 44.0 Å². The summed E-state index contributed by atoms with van der Waals surface area (Å²) in [5.74, 6) is 0. The molecule has 1 aromatic carbocycles. The van der Waals surface area contributed by atoms with Crippen LogP contribution in [-0.2, 0) is 6.42 Å². The molecule has 0 radical (unpaired) electrons. The standard InChI is InChI=1S/C16H21N3S/c1-11-10-20-16(18-11)15(17-2)13-6-7-14-12(9-13)5-4-8-19(14)3/h6-7,9-10,15,17H,4-5,8H2,1-3H3. The van der Waals surface area contributed by atoms with Gasteiger partial charge in [-0.3, -0.25) is 0 Å². The Kier molecular flexibility index (Phi) is 3.76. The topological polar surface area (TPSA) is 28.2 Å². The number of aryl methyl sites for hydroxylation is 2. The van der Waals surface area contributed by atoms with Gasteiger partial charge in [0.1, 0.15) is 5.01 Å². The predicted octanol–water partition coefficient (Wildman–Crippen LogP) is 3.14. The monoisotopic (exact) mass is 287 g/mol. The zero-order valence-corrected chi connectivity index (χ0v) is 13.1. The van der Waals surface area contributed by atoms with Crippen LogP contribution < -0.4 is 10.2 Å². The molecule has 4 heteroatoms. The summed E-state index contributed by atoms with van der Waals surface area (Å²) >= 11 is 1.73.